The minimum atomic E-state index is -3.24. The average molecular weight is 366 g/mol. The Morgan fingerprint density at radius 1 is 1.42 bits per heavy atom. The van der Waals surface area contributed by atoms with Crippen molar-refractivity contribution in [2.75, 3.05) is 22.4 Å². The van der Waals surface area contributed by atoms with Crippen LogP contribution in [0.15, 0.2) is 23.6 Å². The van der Waals surface area contributed by atoms with Gasteiger partial charge in [0.05, 0.1) is 17.6 Å². The number of sulfonamides is 1. The molecule has 0 aliphatic carbocycles. The van der Waals surface area contributed by atoms with E-state index in [9.17, 15) is 8.42 Å². The van der Waals surface area contributed by atoms with E-state index in [0.29, 0.717) is 5.92 Å². The average Bonchev–Trinajstić information content (AvgIpc) is 3.06. The van der Waals surface area contributed by atoms with Crippen LogP contribution in [0, 0.1) is 5.92 Å². The highest BCUT2D eigenvalue weighted by atomic mass is 32.2. The van der Waals surface area contributed by atoms with E-state index >= 15 is 0 Å². The summed E-state index contributed by atoms with van der Waals surface area (Å²) >= 11 is 1.60. The van der Waals surface area contributed by atoms with Crippen molar-refractivity contribution in [3.05, 3.63) is 29.1 Å². The number of benzene rings is 1. The van der Waals surface area contributed by atoms with Crippen LogP contribution in [0.25, 0.3) is 11.3 Å². The lowest BCUT2D eigenvalue weighted by Gasteiger charge is -2.21. The van der Waals surface area contributed by atoms with Crippen molar-refractivity contribution in [2.45, 2.75) is 33.2 Å². The summed E-state index contributed by atoms with van der Waals surface area (Å²) in [5.41, 5.74) is 3.82. The third-order valence-corrected chi connectivity index (χ3v) is 6.12. The monoisotopic (exact) mass is 365 g/mol. The normalized spacial score (nSPS) is 17.4. The van der Waals surface area contributed by atoms with Crippen molar-refractivity contribution < 1.29 is 8.42 Å². The first-order valence-electron chi connectivity index (χ1n) is 8.08. The van der Waals surface area contributed by atoms with Gasteiger partial charge in [-0.25, -0.2) is 13.4 Å². The lowest BCUT2D eigenvalue weighted by atomic mass is 10.1. The zero-order chi connectivity index (χ0) is 17.5. The van der Waals surface area contributed by atoms with E-state index in [2.05, 4.69) is 30.2 Å². The molecule has 2 aromatic rings. The third kappa shape index (κ3) is 3.42. The van der Waals surface area contributed by atoms with Crippen LogP contribution in [0.2, 0.25) is 0 Å². The number of hydrogen-bond acceptors (Lipinski definition) is 5. The Morgan fingerprint density at radius 2 is 2.17 bits per heavy atom. The van der Waals surface area contributed by atoms with Crippen LogP contribution in [0.5, 0.6) is 0 Å². The highest BCUT2D eigenvalue weighted by Gasteiger charge is 2.32. The Hall–Kier alpha value is -1.60. The summed E-state index contributed by atoms with van der Waals surface area (Å²) in [6, 6.07) is 5.88. The Kier molecular flexibility index (Phi) is 4.57. The molecule has 0 radical (unpaired) electrons. The lowest BCUT2D eigenvalue weighted by molar-refractivity contribution is 0.590. The lowest BCUT2D eigenvalue weighted by Crippen LogP contribution is -2.34. The second-order valence-corrected chi connectivity index (χ2v) is 9.49. The predicted octanol–water partition coefficient (Wildman–Crippen LogP) is 3.59. The van der Waals surface area contributed by atoms with E-state index in [0.717, 1.165) is 40.6 Å². The van der Waals surface area contributed by atoms with E-state index in [1.807, 2.05) is 24.4 Å². The van der Waals surface area contributed by atoms with Crippen molar-refractivity contribution in [1.29, 1.82) is 0 Å². The molecule has 7 heteroatoms. The number of thiazole rings is 1. The number of hydrogen-bond donors (Lipinski definition) is 1. The van der Waals surface area contributed by atoms with Crippen LogP contribution in [-0.4, -0.2) is 32.2 Å². The maximum atomic E-state index is 12.0. The van der Waals surface area contributed by atoms with E-state index in [-0.39, 0.29) is 6.04 Å². The second-order valence-electron chi connectivity index (χ2n) is 6.77. The van der Waals surface area contributed by atoms with Gasteiger partial charge in [0.25, 0.3) is 0 Å². The summed E-state index contributed by atoms with van der Waals surface area (Å²) in [7, 11) is -3.24. The van der Waals surface area contributed by atoms with Crippen molar-refractivity contribution in [3.63, 3.8) is 0 Å². The van der Waals surface area contributed by atoms with Crippen LogP contribution >= 0.6 is 11.3 Å². The Balaban J connectivity index is 1.87. The topological polar surface area (TPSA) is 62.3 Å². The van der Waals surface area contributed by atoms with Gasteiger partial charge in [-0.15, -0.1) is 11.3 Å². The van der Waals surface area contributed by atoms with Crippen LogP contribution in [0.3, 0.4) is 0 Å². The molecule has 5 nitrogen and oxygen atoms in total. The zero-order valence-electron chi connectivity index (χ0n) is 14.4. The van der Waals surface area contributed by atoms with Crippen molar-refractivity contribution >= 4 is 32.2 Å². The minimum Gasteiger partial charge on any atom is -0.361 e. The van der Waals surface area contributed by atoms with Crippen molar-refractivity contribution in [2.24, 2.45) is 5.92 Å². The molecule has 1 aliphatic heterocycles. The number of fused-ring (bicyclic) bond motifs is 1. The summed E-state index contributed by atoms with van der Waals surface area (Å²) in [5.74, 6) is 0.570. The summed E-state index contributed by atoms with van der Waals surface area (Å²) in [5, 5.41) is 6.30. The van der Waals surface area contributed by atoms with Gasteiger partial charge < -0.3 is 5.32 Å². The molecule has 1 aliphatic rings. The molecule has 24 heavy (non-hydrogen) atoms. The van der Waals surface area contributed by atoms with Crippen molar-refractivity contribution in [1.82, 2.24) is 4.98 Å². The Labute approximate surface area is 147 Å². The molecule has 130 valence electrons. The van der Waals surface area contributed by atoms with Gasteiger partial charge in [0.1, 0.15) is 0 Å². The molecule has 0 amide bonds. The Bertz CT molecular complexity index is 843. The fourth-order valence-corrected chi connectivity index (χ4v) is 5.04. The van der Waals surface area contributed by atoms with E-state index in [1.54, 1.807) is 11.3 Å². The predicted molar refractivity (Wildman–Crippen MR) is 101 cm³/mol. The van der Waals surface area contributed by atoms with Gasteiger partial charge in [-0.05, 0) is 37.0 Å². The van der Waals surface area contributed by atoms with Gasteiger partial charge in [0, 0.05) is 23.5 Å². The van der Waals surface area contributed by atoms with Crippen LogP contribution in [0.4, 0.5) is 10.8 Å². The van der Waals surface area contributed by atoms with E-state index < -0.39 is 10.0 Å². The molecule has 1 N–H and O–H groups in total. The first kappa shape index (κ1) is 17.2. The van der Waals surface area contributed by atoms with Gasteiger partial charge in [0.15, 0.2) is 5.13 Å². The first-order chi connectivity index (χ1) is 11.3. The van der Waals surface area contributed by atoms with Gasteiger partial charge in [-0.1, -0.05) is 19.9 Å². The maximum absolute atomic E-state index is 12.0. The minimum absolute atomic E-state index is 0.0380. The summed E-state index contributed by atoms with van der Waals surface area (Å²) in [4.78, 5) is 4.64. The highest BCUT2D eigenvalue weighted by Crippen LogP contribution is 2.37. The molecule has 1 aromatic carbocycles. The standard InChI is InChI=1S/C17H23N3O2S2/c1-11(2)9-18-17-19-15(10-23-17)13-5-6-16-14(8-13)7-12(3)20(16)24(4,21)22/h5-6,8,10-12H,7,9H2,1-4H3,(H,18,19)/t12-/m1/s1. The molecule has 2 heterocycles. The number of nitrogens with zero attached hydrogens (tertiary/aromatic N) is 2. The molecule has 0 bridgehead atoms. The molecular weight excluding hydrogens is 342 g/mol. The maximum Gasteiger partial charge on any atom is 0.232 e. The molecule has 0 saturated carbocycles. The van der Waals surface area contributed by atoms with Gasteiger partial charge in [-0.3, -0.25) is 4.31 Å². The number of nitrogens with one attached hydrogen (secondary N) is 1. The summed E-state index contributed by atoms with van der Waals surface area (Å²) in [6.07, 6.45) is 2.00. The zero-order valence-corrected chi connectivity index (χ0v) is 16.0. The molecule has 0 unspecified atom stereocenters. The Morgan fingerprint density at radius 3 is 2.83 bits per heavy atom. The van der Waals surface area contributed by atoms with Gasteiger partial charge in [0.2, 0.25) is 10.0 Å². The molecular formula is C17H23N3O2S2. The largest absolute Gasteiger partial charge is 0.361 e. The highest BCUT2D eigenvalue weighted by molar-refractivity contribution is 7.92. The van der Waals surface area contributed by atoms with Gasteiger partial charge >= 0.3 is 0 Å². The summed E-state index contributed by atoms with van der Waals surface area (Å²) < 4.78 is 25.5. The molecule has 0 fully saturated rings. The molecule has 3 rings (SSSR count). The fourth-order valence-electron chi connectivity index (χ4n) is 3.05. The van der Waals surface area contributed by atoms with E-state index in [1.165, 1.54) is 10.6 Å². The fraction of sp³-hybridized carbons (Fsp3) is 0.471. The first-order valence-corrected chi connectivity index (χ1v) is 10.8. The smallest absolute Gasteiger partial charge is 0.232 e. The van der Waals surface area contributed by atoms with Crippen LogP contribution < -0.4 is 9.62 Å². The quantitative estimate of drug-likeness (QED) is 0.879. The molecule has 1 atom stereocenters. The van der Waals surface area contributed by atoms with Crippen LogP contribution in [-0.2, 0) is 16.4 Å². The molecule has 0 saturated heterocycles. The van der Waals surface area contributed by atoms with Gasteiger partial charge in [-0.2, -0.15) is 0 Å². The summed E-state index contributed by atoms with van der Waals surface area (Å²) in [6.45, 7) is 7.17. The van der Waals surface area contributed by atoms with Crippen LogP contribution in [0.1, 0.15) is 26.3 Å². The molecule has 1 aromatic heterocycles. The molecule has 0 spiro atoms. The SMILES string of the molecule is CC(C)CNc1nc(-c2ccc3c(c2)C[C@@H](C)N3S(C)(=O)=O)cs1. The van der Waals surface area contributed by atoms with Crippen molar-refractivity contribution in [3.8, 4) is 11.3 Å². The second kappa shape index (κ2) is 6.37. The van der Waals surface area contributed by atoms with E-state index in [4.69, 9.17) is 0 Å². The number of anilines is 2. The number of rotatable bonds is 5. The third-order valence-electron chi connectivity index (χ3n) is 4.05. The number of aromatic nitrogens is 1.